The number of aryl methyl sites for hydroxylation is 1. The smallest absolute Gasteiger partial charge is 0.271 e. The molecular weight excluding hydrogens is 514 g/mol. The van der Waals surface area contributed by atoms with Crippen LogP contribution in [0.1, 0.15) is 50.7 Å². The molecule has 208 valence electrons. The van der Waals surface area contributed by atoms with Crippen molar-refractivity contribution in [2.75, 3.05) is 24.6 Å². The van der Waals surface area contributed by atoms with Crippen molar-refractivity contribution in [3.8, 4) is 17.2 Å². The van der Waals surface area contributed by atoms with E-state index in [4.69, 9.17) is 14.2 Å². The largest absolute Gasteiger partial charge is 0.494 e. The van der Waals surface area contributed by atoms with E-state index >= 15 is 0 Å². The van der Waals surface area contributed by atoms with Gasteiger partial charge in [-0.3, -0.25) is 4.79 Å². The van der Waals surface area contributed by atoms with Crippen LogP contribution in [0, 0.1) is 6.92 Å². The first kappa shape index (κ1) is 29.8. The Morgan fingerprint density at radius 2 is 1.59 bits per heavy atom. The standard InChI is InChI=1S/C31H37NO6S/c1-5-7-8-9-22-38-29-20-12-25(23-30(29)36-4)13-21-31(33)32(26-14-16-27(17-15-26)37-6-2)39(34,35)28-18-10-24(3)11-19-28/h10-21,23H,5-9,22H2,1-4H3/b21-13+. The van der Waals surface area contributed by atoms with E-state index in [0.29, 0.717) is 36.0 Å². The number of ether oxygens (including phenoxy) is 3. The Balaban J connectivity index is 1.88. The lowest BCUT2D eigenvalue weighted by molar-refractivity contribution is -0.113. The molecule has 0 N–H and O–H groups in total. The highest BCUT2D eigenvalue weighted by Gasteiger charge is 2.29. The Kier molecular flexibility index (Phi) is 11.0. The number of unbranched alkanes of at least 4 members (excludes halogenated alkanes) is 3. The summed E-state index contributed by atoms with van der Waals surface area (Å²) in [7, 11) is -2.63. The minimum Gasteiger partial charge on any atom is -0.494 e. The van der Waals surface area contributed by atoms with Crippen molar-refractivity contribution in [2.45, 2.75) is 51.3 Å². The Morgan fingerprint density at radius 1 is 0.872 bits per heavy atom. The van der Waals surface area contributed by atoms with Gasteiger partial charge in [-0.25, -0.2) is 8.42 Å². The summed E-state index contributed by atoms with van der Waals surface area (Å²) in [4.78, 5) is 13.5. The molecule has 0 aliphatic carbocycles. The van der Waals surface area contributed by atoms with Gasteiger partial charge in [0.15, 0.2) is 11.5 Å². The van der Waals surface area contributed by atoms with Crippen molar-refractivity contribution >= 4 is 27.7 Å². The molecule has 0 saturated carbocycles. The number of rotatable bonds is 14. The quantitative estimate of drug-likeness (QED) is 0.162. The maximum Gasteiger partial charge on any atom is 0.271 e. The molecule has 0 unspecified atom stereocenters. The van der Waals surface area contributed by atoms with E-state index in [-0.39, 0.29) is 10.6 Å². The van der Waals surface area contributed by atoms with Gasteiger partial charge in [-0.2, -0.15) is 4.31 Å². The van der Waals surface area contributed by atoms with Crippen molar-refractivity contribution in [3.05, 3.63) is 83.9 Å². The van der Waals surface area contributed by atoms with Gasteiger partial charge in [0.05, 0.1) is 30.9 Å². The second-order valence-electron chi connectivity index (χ2n) is 9.00. The number of hydrogen-bond acceptors (Lipinski definition) is 6. The molecule has 0 saturated heterocycles. The fourth-order valence-electron chi connectivity index (χ4n) is 3.90. The zero-order valence-corrected chi connectivity index (χ0v) is 23.9. The number of carbonyl (C=O) groups is 1. The van der Waals surface area contributed by atoms with Gasteiger partial charge in [0.1, 0.15) is 5.75 Å². The van der Waals surface area contributed by atoms with E-state index in [0.717, 1.165) is 29.1 Å². The second kappa shape index (κ2) is 14.4. The molecule has 3 rings (SSSR count). The van der Waals surface area contributed by atoms with Crippen molar-refractivity contribution < 1.29 is 27.4 Å². The van der Waals surface area contributed by atoms with Crippen LogP contribution in [0.4, 0.5) is 5.69 Å². The Hall–Kier alpha value is -3.78. The summed E-state index contributed by atoms with van der Waals surface area (Å²) in [5.74, 6) is 1.03. The summed E-state index contributed by atoms with van der Waals surface area (Å²) < 4.78 is 44.9. The van der Waals surface area contributed by atoms with Crippen LogP contribution in [0.3, 0.4) is 0 Å². The first-order chi connectivity index (χ1) is 18.8. The molecule has 0 aromatic heterocycles. The van der Waals surface area contributed by atoms with Gasteiger partial charge in [0.25, 0.3) is 15.9 Å². The lowest BCUT2D eigenvalue weighted by Gasteiger charge is -2.22. The molecule has 0 aliphatic heterocycles. The number of sulfonamides is 1. The highest BCUT2D eigenvalue weighted by Crippen LogP contribution is 2.30. The topological polar surface area (TPSA) is 82.1 Å². The number of anilines is 1. The monoisotopic (exact) mass is 551 g/mol. The van der Waals surface area contributed by atoms with Gasteiger partial charge in [-0.1, -0.05) is 49.9 Å². The molecule has 0 radical (unpaired) electrons. The van der Waals surface area contributed by atoms with Crippen molar-refractivity contribution in [1.82, 2.24) is 0 Å². The second-order valence-corrected chi connectivity index (χ2v) is 10.8. The van der Waals surface area contributed by atoms with Crippen LogP contribution >= 0.6 is 0 Å². The molecule has 3 aromatic rings. The summed E-state index contributed by atoms with van der Waals surface area (Å²) in [5.41, 5.74) is 1.78. The van der Waals surface area contributed by atoms with Gasteiger partial charge in [-0.05, 0) is 80.4 Å². The van der Waals surface area contributed by atoms with Crippen LogP contribution in [0.5, 0.6) is 17.2 Å². The van der Waals surface area contributed by atoms with Crippen LogP contribution in [0.2, 0.25) is 0 Å². The SMILES string of the molecule is CCCCCCOc1ccc(/C=C/C(=O)N(c2ccc(OCC)cc2)S(=O)(=O)c2ccc(C)cc2)cc1OC. The first-order valence-electron chi connectivity index (χ1n) is 13.2. The molecule has 7 nitrogen and oxygen atoms in total. The number of methoxy groups -OCH3 is 1. The first-order valence-corrected chi connectivity index (χ1v) is 14.6. The van der Waals surface area contributed by atoms with E-state index < -0.39 is 15.9 Å². The number of hydrogen-bond donors (Lipinski definition) is 0. The molecule has 8 heteroatoms. The van der Waals surface area contributed by atoms with Gasteiger partial charge in [-0.15, -0.1) is 0 Å². The minimum atomic E-state index is -4.19. The van der Waals surface area contributed by atoms with E-state index in [1.54, 1.807) is 67.8 Å². The number of benzene rings is 3. The van der Waals surface area contributed by atoms with Gasteiger partial charge in [0.2, 0.25) is 0 Å². The summed E-state index contributed by atoms with van der Waals surface area (Å²) in [5, 5.41) is 0. The van der Waals surface area contributed by atoms with Gasteiger partial charge < -0.3 is 14.2 Å². The molecule has 0 bridgehead atoms. The molecule has 0 aliphatic rings. The maximum atomic E-state index is 13.6. The zero-order valence-electron chi connectivity index (χ0n) is 23.1. The van der Waals surface area contributed by atoms with E-state index in [9.17, 15) is 13.2 Å². The van der Waals surface area contributed by atoms with E-state index in [2.05, 4.69) is 6.92 Å². The summed E-state index contributed by atoms with van der Waals surface area (Å²) >= 11 is 0. The summed E-state index contributed by atoms with van der Waals surface area (Å²) in [6.45, 7) is 6.95. The van der Waals surface area contributed by atoms with Crippen molar-refractivity contribution in [3.63, 3.8) is 0 Å². The molecule has 39 heavy (non-hydrogen) atoms. The molecular formula is C31H37NO6S. The number of amides is 1. The third kappa shape index (κ3) is 8.10. The third-order valence-corrected chi connectivity index (χ3v) is 7.74. The average molecular weight is 552 g/mol. The van der Waals surface area contributed by atoms with Crippen LogP contribution < -0.4 is 18.5 Å². The van der Waals surface area contributed by atoms with Crippen LogP contribution in [-0.2, 0) is 14.8 Å². The minimum absolute atomic E-state index is 0.0193. The van der Waals surface area contributed by atoms with E-state index in [1.165, 1.54) is 24.6 Å². The molecule has 0 heterocycles. The van der Waals surface area contributed by atoms with Gasteiger partial charge >= 0.3 is 0 Å². The predicted octanol–water partition coefficient (Wildman–Crippen LogP) is 6.80. The zero-order chi connectivity index (χ0) is 28.3. The highest BCUT2D eigenvalue weighted by atomic mass is 32.2. The Morgan fingerprint density at radius 3 is 2.23 bits per heavy atom. The Bertz CT molecular complexity index is 1350. The van der Waals surface area contributed by atoms with Crippen LogP contribution in [0.15, 0.2) is 77.7 Å². The normalized spacial score (nSPS) is 11.4. The number of nitrogens with zero attached hydrogens (tertiary/aromatic N) is 1. The van der Waals surface area contributed by atoms with Crippen molar-refractivity contribution in [2.24, 2.45) is 0 Å². The Labute approximate surface area is 232 Å². The third-order valence-electron chi connectivity index (χ3n) is 6.00. The molecule has 3 aromatic carbocycles. The van der Waals surface area contributed by atoms with Crippen LogP contribution in [-0.4, -0.2) is 34.6 Å². The van der Waals surface area contributed by atoms with E-state index in [1.807, 2.05) is 13.8 Å². The fourth-order valence-corrected chi connectivity index (χ4v) is 5.29. The number of carbonyl (C=O) groups excluding carboxylic acids is 1. The van der Waals surface area contributed by atoms with Crippen molar-refractivity contribution in [1.29, 1.82) is 0 Å². The molecule has 1 amide bonds. The molecule has 0 fully saturated rings. The summed E-state index contributed by atoms with van der Waals surface area (Å²) in [6.07, 6.45) is 7.20. The van der Waals surface area contributed by atoms with Crippen LogP contribution in [0.25, 0.3) is 6.08 Å². The lowest BCUT2D eigenvalue weighted by atomic mass is 10.2. The maximum absolute atomic E-state index is 13.6. The highest BCUT2D eigenvalue weighted by molar-refractivity contribution is 7.93. The average Bonchev–Trinajstić information content (AvgIpc) is 2.93. The molecule has 0 atom stereocenters. The fraction of sp³-hybridized carbons (Fsp3) is 0.323. The summed E-state index contributed by atoms with van der Waals surface area (Å²) in [6, 6.07) is 18.1. The van der Waals surface area contributed by atoms with Gasteiger partial charge in [0, 0.05) is 6.08 Å². The predicted molar refractivity (Wildman–Crippen MR) is 155 cm³/mol. The lowest BCUT2D eigenvalue weighted by Crippen LogP contribution is -2.35. The molecule has 0 spiro atoms.